The van der Waals surface area contributed by atoms with Gasteiger partial charge in [-0.15, -0.1) is 10.2 Å². The van der Waals surface area contributed by atoms with E-state index in [4.69, 9.17) is 23.2 Å². The first-order chi connectivity index (χ1) is 14.5. The first-order valence-electron chi connectivity index (χ1n) is 9.19. The topological polar surface area (TPSA) is 101 Å². The molecule has 0 saturated heterocycles. The molecule has 150 valence electrons. The van der Waals surface area contributed by atoms with Gasteiger partial charge in [-0.1, -0.05) is 35.3 Å². The molecule has 0 unspecified atom stereocenters. The summed E-state index contributed by atoms with van der Waals surface area (Å²) in [6, 6.07) is 10.8. The molecule has 8 nitrogen and oxygen atoms in total. The summed E-state index contributed by atoms with van der Waals surface area (Å²) in [5.41, 5.74) is 4.40. The van der Waals surface area contributed by atoms with Crippen LogP contribution in [-0.2, 0) is 4.79 Å². The lowest BCUT2D eigenvalue weighted by Gasteiger charge is -2.24. The van der Waals surface area contributed by atoms with Crippen LogP contribution in [-0.4, -0.2) is 36.1 Å². The Hall–Kier alpha value is -3.23. The van der Waals surface area contributed by atoms with Crippen molar-refractivity contribution in [2.24, 2.45) is 0 Å². The Morgan fingerprint density at radius 3 is 2.63 bits per heavy atom. The number of hydrogen-bond donors (Lipinski definition) is 2. The van der Waals surface area contributed by atoms with Crippen LogP contribution >= 0.6 is 23.2 Å². The van der Waals surface area contributed by atoms with Gasteiger partial charge in [-0.05, 0) is 36.8 Å². The van der Waals surface area contributed by atoms with E-state index in [1.165, 1.54) is 0 Å². The summed E-state index contributed by atoms with van der Waals surface area (Å²) < 4.78 is 1.58. The van der Waals surface area contributed by atoms with Crippen LogP contribution in [0.2, 0.25) is 10.2 Å². The Balaban J connectivity index is 1.64. The van der Waals surface area contributed by atoms with Gasteiger partial charge in [0.25, 0.3) is 0 Å². The van der Waals surface area contributed by atoms with E-state index in [-0.39, 0.29) is 23.4 Å². The van der Waals surface area contributed by atoms with Crippen molar-refractivity contribution in [1.29, 1.82) is 0 Å². The number of hydrogen-bond acceptors (Lipinski definition) is 5. The van der Waals surface area contributed by atoms with Crippen LogP contribution in [0.15, 0.2) is 42.6 Å². The number of rotatable bonds is 3. The van der Waals surface area contributed by atoms with Gasteiger partial charge in [-0.2, -0.15) is 14.9 Å². The van der Waals surface area contributed by atoms with Gasteiger partial charge in [-0.3, -0.25) is 9.89 Å². The van der Waals surface area contributed by atoms with Crippen LogP contribution in [0.3, 0.4) is 0 Å². The second-order valence-electron chi connectivity index (χ2n) is 6.99. The van der Waals surface area contributed by atoms with E-state index in [9.17, 15) is 4.79 Å². The molecule has 0 saturated carbocycles. The van der Waals surface area contributed by atoms with E-state index in [0.29, 0.717) is 16.7 Å². The molecule has 0 aliphatic carbocycles. The van der Waals surface area contributed by atoms with Crippen molar-refractivity contribution in [2.75, 3.05) is 5.32 Å². The normalized spacial score (nSPS) is 15.7. The standard InChI is InChI=1S/C20H15Cl2N7O/c1-10-18-13(14-9-23-27-19(14)11-2-4-12(21)5-3-11)8-17(30)24-20(18)29(28-10)16-7-6-15(22)25-26-16/h2-7,9,13H,8H2,1H3,(H,23,27)(H,24,30)/t13-/m1/s1. The van der Waals surface area contributed by atoms with Crippen LogP contribution < -0.4 is 5.32 Å². The fourth-order valence-electron chi connectivity index (χ4n) is 3.81. The Bertz CT molecular complexity index is 1250. The van der Waals surface area contributed by atoms with Gasteiger partial charge in [0.15, 0.2) is 11.0 Å². The molecule has 1 atom stereocenters. The lowest BCUT2D eigenvalue weighted by Crippen LogP contribution is -2.25. The summed E-state index contributed by atoms with van der Waals surface area (Å²) >= 11 is 11.9. The minimum atomic E-state index is -0.216. The maximum atomic E-state index is 12.6. The van der Waals surface area contributed by atoms with Crippen molar-refractivity contribution in [2.45, 2.75) is 19.3 Å². The van der Waals surface area contributed by atoms with Crippen LogP contribution in [0.4, 0.5) is 5.82 Å². The fraction of sp³-hybridized carbons (Fsp3) is 0.150. The van der Waals surface area contributed by atoms with Gasteiger partial charge in [0.05, 0.1) is 17.6 Å². The van der Waals surface area contributed by atoms with Crippen molar-refractivity contribution in [3.63, 3.8) is 0 Å². The molecular formula is C20H15Cl2N7O. The van der Waals surface area contributed by atoms with Gasteiger partial charge >= 0.3 is 0 Å². The molecule has 10 heteroatoms. The summed E-state index contributed by atoms with van der Waals surface area (Å²) in [5, 5.41) is 23.8. The Kier molecular flexibility index (Phi) is 4.52. The molecule has 1 aliphatic heterocycles. The number of aryl methyl sites for hydroxylation is 1. The monoisotopic (exact) mass is 439 g/mol. The second kappa shape index (κ2) is 7.23. The summed E-state index contributed by atoms with van der Waals surface area (Å²) in [7, 11) is 0. The van der Waals surface area contributed by atoms with E-state index in [1.807, 2.05) is 31.2 Å². The summed E-state index contributed by atoms with van der Waals surface area (Å²) in [6.07, 6.45) is 2.04. The molecule has 2 N–H and O–H groups in total. The highest BCUT2D eigenvalue weighted by Crippen LogP contribution is 2.42. The molecule has 0 spiro atoms. The van der Waals surface area contributed by atoms with E-state index in [1.54, 1.807) is 23.0 Å². The van der Waals surface area contributed by atoms with Crippen molar-refractivity contribution in [1.82, 2.24) is 30.2 Å². The summed E-state index contributed by atoms with van der Waals surface area (Å²) in [6.45, 7) is 1.91. The van der Waals surface area contributed by atoms with E-state index in [0.717, 1.165) is 28.1 Å². The van der Waals surface area contributed by atoms with E-state index in [2.05, 4.69) is 30.8 Å². The first kappa shape index (κ1) is 18.8. The Morgan fingerprint density at radius 2 is 1.90 bits per heavy atom. The molecule has 3 aromatic heterocycles. The third-order valence-corrected chi connectivity index (χ3v) is 5.57. The number of carbonyl (C=O) groups excluding carboxylic acids is 1. The highest BCUT2D eigenvalue weighted by atomic mass is 35.5. The SMILES string of the molecule is Cc1nn(-c2ccc(Cl)nn2)c2c1[C@@H](c1cn[nH]c1-c1ccc(Cl)cc1)CC(=O)N2. The van der Waals surface area contributed by atoms with Gasteiger partial charge in [-0.25, -0.2) is 0 Å². The Labute approximate surface area is 181 Å². The fourth-order valence-corrected chi connectivity index (χ4v) is 4.03. The highest BCUT2D eigenvalue weighted by molar-refractivity contribution is 6.30. The molecule has 5 rings (SSSR count). The van der Waals surface area contributed by atoms with Crippen LogP contribution in [0.25, 0.3) is 17.1 Å². The third-order valence-electron chi connectivity index (χ3n) is 5.11. The molecule has 1 aromatic carbocycles. The van der Waals surface area contributed by atoms with Crippen molar-refractivity contribution >= 4 is 34.9 Å². The number of fused-ring (bicyclic) bond motifs is 1. The number of nitrogens with zero attached hydrogens (tertiary/aromatic N) is 5. The van der Waals surface area contributed by atoms with Crippen molar-refractivity contribution in [3.05, 3.63) is 69.6 Å². The number of anilines is 1. The molecular weight excluding hydrogens is 425 g/mol. The smallest absolute Gasteiger partial charge is 0.226 e. The number of halogens is 2. The van der Waals surface area contributed by atoms with Crippen LogP contribution in [0.1, 0.15) is 29.2 Å². The molecule has 4 heterocycles. The van der Waals surface area contributed by atoms with Crippen LogP contribution in [0.5, 0.6) is 0 Å². The predicted molar refractivity (Wildman–Crippen MR) is 113 cm³/mol. The number of aromatic nitrogens is 6. The van der Waals surface area contributed by atoms with Crippen LogP contribution in [0, 0.1) is 6.92 Å². The van der Waals surface area contributed by atoms with Crippen molar-refractivity contribution < 1.29 is 4.79 Å². The molecule has 0 bridgehead atoms. The average Bonchev–Trinajstić information content (AvgIpc) is 3.34. The van der Waals surface area contributed by atoms with Crippen molar-refractivity contribution in [3.8, 4) is 17.1 Å². The molecule has 1 aliphatic rings. The lowest BCUT2D eigenvalue weighted by atomic mass is 9.85. The predicted octanol–water partition coefficient (Wildman–Crippen LogP) is 4.14. The number of amides is 1. The number of carbonyl (C=O) groups is 1. The number of benzene rings is 1. The number of aromatic amines is 1. The third kappa shape index (κ3) is 3.14. The molecule has 0 fully saturated rings. The molecule has 4 aromatic rings. The molecule has 30 heavy (non-hydrogen) atoms. The zero-order valence-electron chi connectivity index (χ0n) is 15.7. The van der Waals surface area contributed by atoms with E-state index >= 15 is 0 Å². The molecule has 1 amide bonds. The second-order valence-corrected chi connectivity index (χ2v) is 7.81. The largest absolute Gasteiger partial charge is 0.310 e. The van der Waals surface area contributed by atoms with Gasteiger partial charge in [0, 0.05) is 28.5 Å². The minimum Gasteiger partial charge on any atom is -0.310 e. The zero-order chi connectivity index (χ0) is 20.8. The molecule has 0 radical (unpaired) electrons. The van der Waals surface area contributed by atoms with Gasteiger partial charge in [0.2, 0.25) is 5.91 Å². The maximum absolute atomic E-state index is 12.6. The average molecular weight is 440 g/mol. The minimum absolute atomic E-state index is 0.112. The zero-order valence-corrected chi connectivity index (χ0v) is 17.2. The van der Waals surface area contributed by atoms with Gasteiger partial charge in [0.1, 0.15) is 5.82 Å². The lowest BCUT2D eigenvalue weighted by molar-refractivity contribution is -0.116. The van der Waals surface area contributed by atoms with Gasteiger partial charge < -0.3 is 5.32 Å². The maximum Gasteiger partial charge on any atom is 0.226 e. The number of H-pyrrole nitrogens is 1. The number of nitrogens with one attached hydrogen (secondary N) is 2. The summed E-state index contributed by atoms with van der Waals surface area (Å²) in [4.78, 5) is 12.6. The summed E-state index contributed by atoms with van der Waals surface area (Å²) in [5.74, 6) is 0.717. The highest BCUT2D eigenvalue weighted by Gasteiger charge is 2.35. The van der Waals surface area contributed by atoms with E-state index < -0.39 is 0 Å². The quantitative estimate of drug-likeness (QED) is 0.499. The first-order valence-corrected chi connectivity index (χ1v) is 9.95. The Morgan fingerprint density at radius 1 is 1.10 bits per heavy atom.